The number of hydrogen-bond donors (Lipinski definition) is 1. The molecule has 2 heterocycles. The van der Waals surface area contributed by atoms with Gasteiger partial charge in [0.15, 0.2) is 11.5 Å². The van der Waals surface area contributed by atoms with Crippen molar-refractivity contribution in [3.63, 3.8) is 0 Å². The number of methoxy groups -OCH3 is 1. The predicted octanol–water partition coefficient (Wildman–Crippen LogP) is 4.14. The fourth-order valence-electron chi connectivity index (χ4n) is 3.52. The van der Waals surface area contributed by atoms with Gasteiger partial charge in [-0.05, 0) is 43.7 Å². The Balaban J connectivity index is 1.75. The van der Waals surface area contributed by atoms with Crippen LogP contribution >= 0.6 is 0 Å². The van der Waals surface area contributed by atoms with Crippen LogP contribution in [0.25, 0.3) is 5.69 Å². The Hall–Kier alpha value is -3.28. The quantitative estimate of drug-likeness (QED) is 0.726. The number of anilines is 1. The third-order valence-corrected chi connectivity index (χ3v) is 4.76. The number of imidazole rings is 1. The number of benzene rings is 2. The van der Waals surface area contributed by atoms with Crippen molar-refractivity contribution in [3.8, 4) is 17.2 Å². The largest absolute Gasteiger partial charge is 0.493 e. The van der Waals surface area contributed by atoms with Gasteiger partial charge in [-0.1, -0.05) is 24.3 Å². The normalized spacial score (nSPS) is 15.9. The Labute approximate surface area is 164 Å². The van der Waals surface area contributed by atoms with E-state index in [1.165, 1.54) is 0 Å². The van der Waals surface area contributed by atoms with Gasteiger partial charge in [0, 0.05) is 18.0 Å². The number of amides is 1. The van der Waals surface area contributed by atoms with E-state index >= 15 is 0 Å². The summed E-state index contributed by atoms with van der Waals surface area (Å²) < 4.78 is 13.2. The lowest BCUT2D eigenvalue weighted by Crippen LogP contribution is -2.25. The maximum absolute atomic E-state index is 12.4. The summed E-state index contributed by atoms with van der Waals surface area (Å²) in [6, 6.07) is 15.7. The summed E-state index contributed by atoms with van der Waals surface area (Å²) in [5, 5.41) is 2.98. The summed E-state index contributed by atoms with van der Waals surface area (Å²) in [5.74, 6) is 1.89. The molecule has 0 saturated carbocycles. The van der Waals surface area contributed by atoms with E-state index in [9.17, 15) is 4.79 Å². The van der Waals surface area contributed by atoms with Gasteiger partial charge in [-0.2, -0.15) is 0 Å². The summed E-state index contributed by atoms with van der Waals surface area (Å²) in [6.45, 7) is 3.95. The summed E-state index contributed by atoms with van der Waals surface area (Å²) in [4.78, 5) is 17.1. The van der Waals surface area contributed by atoms with Crippen molar-refractivity contribution in [2.45, 2.75) is 32.3 Å². The first-order valence-electron chi connectivity index (χ1n) is 9.34. The standard InChI is InChI=1S/C22H23N3O3/c1-14(2)28-18-10-9-15(11-19(18)27-3)17-12-20(26)24-22-21(17)23-13-25(22)16-7-5-4-6-8-16/h4-11,13-14,17H,12H2,1-3H3,(H,24,26)/t17-/m0/s1. The van der Waals surface area contributed by atoms with Crippen LogP contribution in [-0.4, -0.2) is 28.7 Å². The lowest BCUT2D eigenvalue weighted by atomic mass is 9.89. The molecule has 6 heteroatoms. The van der Waals surface area contributed by atoms with E-state index < -0.39 is 0 Å². The minimum Gasteiger partial charge on any atom is -0.493 e. The van der Waals surface area contributed by atoms with Gasteiger partial charge in [0.2, 0.25) is 5.91 Å². The maximum Gasteiger partial charge on any atom is 0.226 e. The zero-order valence-electron chi connectivity index (χ0n) is 16.2. The Morgan fingerprint density at radius 1 is 1.14 bits per heavy atom. The van der Waals surface area contributed by atoms with Crippen LogP contribution < -0.4 is 14.8 Å². The second-order valence-corrected chi connectivity index (χ2v) is 7.07. The lowest BCUT2D eigenvalue weighted by Gasteiger charge is -2.24. The van der Waals surface area contributed by atoms with Crippen molar-refractivity contribution in [1.82, 2.24) is 9.55 Å². The number of ether oxygens (including phenoxy) is 2. The zero-order chi connectivity index (χ0) is 19.7. The molecule has 1 aliphatic rings. The summed E-state index contributed by atoms with van der Waals surface area (Å²) in [7, 11) is 1.62. The van der Waals surface area contributed by atoms with Crippen molar-refractivity contribution in [2.75, 3.05) is 12.4 Å². The van der Waals surface area contributed by atoms with Gasteiger partial charge < -0.3 is 14.8 Å². The second kappa shape index (κ2) is 7.38. The number of para-hydroxylation sites is 1. The molecule has 1 aromatic heterocycles. The van der Waals surface area contributed by atoms with Crippen LogP contribution in [-0.2, 0) is 4.79 Å². The van der Waals surface area contributed by atoms with E-state index in [4.69, 9.17) is 9.47 Å². The lowest BCUT2D eigenvalue weighted by molar-refractivity contribution is -0.116. The molecule has 0 radical (unpaired) electrons. The van der Waals surface area contributed by atoms with Crippen LogP contribution in [0, 0.1) is 0 Å². The van der Waals surface area contributed by atoms with Gasteiger partial charge in [0.1, 0.15) is 12.1 Å². The van der Waals surface area contributed by atoms with Gasteiger partial charge in [0.25, 0.3) is 0 Å². The van der Waals surface area contributed by atoms with E-state index in [0.717, 1.165) is 16.9 Å². The average molecular weight is 377 g/mol. The molecule has 0 spiro atoms. The van der Waals surface area contributed by atoms with Gasteiger partial charge in [-0.15, -0.1) is 0 Å². The van der Waals surface area contributed by atoms with Crippen molar-refractivity contribution in [1.29, 1.82) is 0 Å². The Morgan fingerprint density at radius 3 is 2.64 bits per heavy atom. The highest BCUT2D eigenvalue weighted by atomic mass is 16.5. The van der Waals surface area contributed by atoms with Crippen LogP contribution in [0.1, 0.15) is 37.4 Å². The van der Waals surface area contributed by atoms with E-state index in [1.54, 1.807) is 13.4 Å². The minimum atomic E-state index is -0.143. The molecule has 0 saturated heterocycles. The van der Waals surface area contributed by atoms with E-state index in [2.05, 4.69) is 10.3 Å². The van der Waals surface area contributed by atoms with Crippen molar-refractivity contribution < 1.29 is 14.3 Å². The second-order valence-electron chi connectivity index (χ2n) is 7.07. The highest BCUT2D eigenvalue weighted by molar-refractivity contribution is 5.94. The van der Waals surface area contributed by atoms with Crippen LogP contribution in [0.4, 0.5) is 5.82 Å². The Morgan fingerprint density at radius 2 is 1.93 bits per heavy atom. The Kier molecular flexibility index (Phi) is 4.77. The zero-order valence-corrected chi connectivity index (χ0v) is 16.2. The number of hydrogen-bond acceptors (Lipinski definition) is 4. The number of carbonyl (C=O) groups is 1. The molecule has 0 bridgehead atoms. The molecule has 144 valence electrons. The summed E-state index contributed by atoms with van der Waals surface area (Å²) in [5.41, 5.74) is 2.78. The SMILES string of the molecule is COc1cc([C@@H]2CC(=O)Nc3c2ncn3-c2ccccc2)ccc1OC(C)C. The first kappa shape index (κ1) is 18.1. The minimum absolute atomic E-state index is 0.0309. The number of carbonyl (C=O) groups excluding carboxylic acids is 1. The van der Waals surface area contributed by atoms with Crippen molar-refractivity contribution in [2.24, 2.45) is 0 Å². The molecule has 3 aromatic rings. The fraction of sp³-hybridized carbons (Fsp3) is 0.273. The van der Waals surface area contributed by atoms with Crippen LogP contribution in [0.5, 0.6) is 11.5 Å². The molecule has 1 N–H and O–H groups in total. The third kappa shape index (κ3) is 3.33. The highest BCUT2D eigenvalue weighted by Gasteiger charge is 2.31. The smallest absolute Gasteiger partial charge is 0.226 e. The van der Waals surface area contributed by atoms with Crippen LogP contribution in [0.15, 0.2) is 54.9 Å². The van der Waals surface area contributed by atoms with E-state index in [1.807, 2.05) is 66.9 Å². The summed E-state index contributed by atoms with van der Waals surface area (Å²) in [6.07, 6.45) is 2.15. The fourth-order valence-corrected chi connectivity index (χ4v) is 3.52. The van der Waals surface area contributed by atoms with E-state index in [-0.39, 0.29) is 17.9 Å². The molecule has 1 aliphatic heterocycles. The number of fused-ring (bicyclic) bond motifs is 1. The molecule has 0 fully saturated rings. The predicted molar refractivity (Wildman–Crippen MR) is 107 cm³/mol. The average Bonchev–Trinajstić information content (AvgIpc) is 3.11. The number of nitrogens with one attached hydrogen (secondary N) is 1. The third-order valence-electron chi connectivity index (χ3n) is 4.76. The van der Waals surface area contributed by atoms with Gasteiger partial charge in [-0.25, -0.2) is 4.98 Å². The first-order valence-corrected chi connectivity index (χ1v) is 9.34. The molecule has 1 atom stereocenters. The van der Waals surface area contributed by atoms with Gasteiger partial charge in [-0.3, -0.25) is 9.36 Å². The van der Waals surface area contributed by atoms with E-state index in [0.29, 0.717) is 23.7 Å². The van der Waals surface area contributed by atoms with Gasteiger partial charge >= 0.3 is 0 Å². The monoisotopic (exact) mass is 377 g/mol. The molecule has 6 nitrogen and oxygen atoms in total. The topological polar surface area (TPSA) is 65.4 Å². The number of rotatable bonds is 5. The first-order chi connectivity index (χ1) is 13.6. The van der Waals surface area contributed by atoms with Crippen LogP contribution in [0.2, 0.25) is 0 Å². The Bertz CT molecular complexity index is 996. The molecule has 0 aliphatic carbocycles. The molecule has 4 rings (SSSR count). The molecule has 2 aromatic carbocycles. The maximum atomic E-state index is 12.4. The van der Waals surface area contributed by atoms with Gasteiger partial charge in [0.05, 0.1) is 18.9 Å². The molecular formula is C22H23N3O3. The van der Waals surface area contributed by atoms with Crippen LogP contribution in [0.3, 0.4) is 0 Å². The number of nitrogens with zero attached hydrogens (tertiary/aromatic N) is 2. The van der Waals surface area contributed by atoms with Crippen molar-refractivity contribution >= 4 is 11.7 Å². The number of aromatic nitrogens is 2. The highest BCUT2D eigenvalue weighted by Crippen LogP contribution is 2.40. The molecule has 28 heavy (non-hydrogen) atoms. The summed E-state index contributed by atoms with van der Waals surface area (Å²) >= 11 is 0. The molecular weight excluding hydrogens is 354 g/mol. The van der Waals surface area contributed by atoms with Crippen molar-refractivity contribution in [3.05, 3.63) is 66.1 Å². The molecule has 0 unspecified atom stereocenters. The molecule has 1 amide bonds.